The van der Waals surface area contributed by atoms with Crippen LogP contribution < -0.4 is 25.7 Å². The van der Waals surface area contributed by atoms with E-state index >= 15 is 0 Å². The highest BCUT2D eigenvalue weighted by Crippen LogP contribution is 2.38. The average Bonchev–Trinajstić information content (AvgIpc) is 3.18. The molecular weight excluding hydrogens is 453 g/mol. The molecule has 0 atom stereocenters. The molecular formula is C17H26N3O7PS2. The maximum Gasteiger partial charge on any atom is 0.340 e. The standard InChI is InChI=1S/C17H26N3O7PS2/c18-7-1-9-26-14-4-3-13(11-15(14)27-10-2-8-19)16-5-6-17(29-16)30(24,25)20-12-28(21,22)23/h3-6,11,20H,1-2,7-10,12,18-19H2,(H2,21,22,23). The van der Waals surface area contributed by atoms with Gasteiger partial charge in [-0.25, -0.2) is 8.42 Å². The van der Waals surface area contributed by atoms with Gasteiger partial charge in [0.1, 0.15) is 10.5 Å². The SMILES string of the molecule is NCCCOc1ccc(-c2ccc(S(=O)(=O)NCP(=O)(O)O)s2)cc1OCCCN. The molecule has 0 unspecified atom stereocenters. The van der Waals surface area contributed by atoms with Gasteiger partial charge in [0.15, 0.2) is 11.5 Å². The molecule has 1 aromatic carbocycles. The van der Waals surface area contributed by atoms with Gasteiger partial charge >= 0.3 is 7.60 Å². The van der Waals surface area contributed by atoms with Crippen LogP contribution in [0.4, 0.5) is 0 Å². The summed E-state index contributed by atoms with van der Waals surface area (Å²) in [5.41, 5.74) is 11.7. The summed E-state index contributed by atoms with van der Waals surface area (Å²) >= 11 is 0.972. The van der Waals surface area contributed by atoms with Crippen molar-refractivity contribution in [3.63, 3.8) is 0 Å². The van der Waals surface area contributed by atoms with E-state index in [1.807, 2.05) is 4.72 Å². The van der Waals surface area contributed by atoms with Crippen molar-refractivity contribution in [1.29, 1.82) is 0 Å². The van der Waals surface area contributed by atoms with Gasteiger partial charge in [-0.3, -0.25) is 4.57 Å². The van der Waals surface area contributed by atoms with Gasteiger partial charge in [-0.2, -0.15) is 4.72 Å². The van der Waals surface area contributed by atoms with Crippen LogP contribution in [0, 0.1) is 0 Å². The fourth-order valence-electron chi connectivity index (χ4n) is 2.28. The molecule has 30 heavy (non-hydrogen) atoms. The van der Waals surface area contributed by atoms with E-state index < -0.39 is 23.9 Å². The molecule has 2 rings (SSSR count). The van der Waals surface area contributed by atoms with E-state index in [4.69, 9.17) is 30.7 Å². The van der Waals surface area contributed by atoms with E-state index in [-0.39, 0.29) is 4.21 Å². The van der Waals surface area contributed by atoms with Crippen molar-refractivity contribution in [2.24, 2.45) is 11.5 Å². The van der Waals surface area contributed by atoms with Gasteiger partial charge < -0.3 is 30.7 Å². The number of hydrogen-bond donors (Lipinski definition) is 5. The predicted molar refractivity (Wildman–Crippen MR) is 115 cm³/mol. The zero-order valence-corrected chi connectivity index (χ0v) is 18.7. The molecule has 0 amide bonds. The molecule has 1 heterocycles. The van der Waals surface area contributed by atoms with Gasteiger partial charge in [0.2, 0.25) is 0 Å². The molecule has 10 nitrogen and oxygen atoms in total. The van der Waals surface area contributed by atoms with Crippen molar-refractivity contribution in [1.82, 2.24) is 4.72 Å². The number of rotatable bonds is 13. The van der Waals surface area contributed by atoms with Crippen LogP contribution in [0.15, 0.2) is 34.5 Å². The third-order valence-corrected chi connectivity index (χ3v) is 7.56. The molecule has 0 radical (unpaired) electrons. The van der Waals surface area contributed by atoms with Gasteiger partial charge in [0.05, 0.1) is 13.2 Å². The van der Waals surface area contributed by atoms with Crippen LogP contribution in [0.1, 0.15) is 12.8 Å². The topological polar surface area (TPSA) is 174 Å². The molecule has 0 bridgehead atoms. The quantitative estimate of drug-likeness (QED) is 0.209. The summed E-state index contributed by atoms with van der Waals surface area (Å²) in [5.74, 6) is 1.06. The van der Waals surface area contributed by atoms with Crippen molar-refractivity contribution in [2.75, 3.05) is 32.6 Å². The van der Waals surface area contributed by atoms with Crippen molar-refractivity contribution in [2.45, 2.75) is 17.1 Å². The van der Waals surface area contributed by atoms with Crippen molar-refractivity contribution in [3.05, 3.63) is 30.3 Å². The van der Waals surface area contributed by atoms with E-state index in [9.17, 15) is 13.0 Å². The Bertz CT molecular complexity index is 975. The van der Waals surface area contributed by atoms with Crippen LogP contribution in [0.5, 0.6) is 11.5 Å². The van der Waals surface area contributed by atoms with E-state index in [1.54, 1.807) is 24.3 Å². The number of nitrogens with one attached hydrogen (secondary N) is 1. The minimum Gasteiger partial charge on any atom is -0.490 e. The molecule has 0 aliphatic heterocycles. The second kappa shape index (κ2) is 11.2. The first-order valence-electron chi connectivity index (χ1n) is 9.10. The van der Waals surface area contributed by atoms with Gasteiger partial charge in [-0.1, -0.05) is 0 Å². The average molecular weight is 480 g/mol. The van der Waals surface area contributed by atoms with Crippen LogP contribution in [0.2, 0.25) is 0 Å². The summed E-state index contributed by atoms with van der Waals surface area (Å²) in [5, 5.41) is 0. The summed E-state index contributed by atoms with van der Waals surface area (Å²) in [6.07, 6.45) is 0.396. The van der Waals surface area contributed by atoms with E-state index in [2.05, 4.69) is 0 Å². The fraction of sp³-hybridized carbons (Fsp3) is 0.412. The Morgan fingerprint density at radius 1 is 1.00 bits per heavy atom. The second-order valence-corrected chi connectivity index (χ2v) is 11.0. The zero-order chi connectivity index (χ0) is 22.2. The monoisotopic (exact) mass is 479 g/mol. The highest BCUT2D eigenvalue weighted by atomic mass is 32.2. The van der Waals surface area contributed by atoms with Crippen molar-refractivity contribution in [3.8, 4) is 21.9 Å². The Morgan fingerprint density at radius 2 is 1.63 bits per heavy atom. The molecule has 0 saturated heterocycles. The lowest BCUT2D eigenvalue weighted by Gasteiger charge is -2.13. The van der Waals surface area contributed by atoms with Crippen LogP contribution in [-0.4, -0.2) is 50.8 Å². The van der Waals surface area contributed by atoms with E-state index in [1.165, 1.54) is 6.07 Å². The second-order valence-electron chi connectivity index (χ2n) is 6.23. The highest BCUT2D eigenvalue weighted by molar-refractivity contribution is 7.92. The molecule has 0 saturated carbocycles. The Hall–Kier alpha value is -1.50. The molecule has 0 fully saturated rings. The van der Waals surface area contributed by atoms with Gasteiger partial charge in [0, 0.05) is 4.88 Å². The Morgan fingerprint density at radius 3 is 2.23 bits per heavy atom. The fourth-order valence-corrected chi connectivity index (χ4v) is 5.64. The predicted octanol–water partition coefficient (Wildman–Crippen LogP) is 1.28. The Kier molecular flexibility index (Phi) is 9.26. The zero-order valence-electron chi connectivity index (χ0n) is 16.2. The van der Waals surface area contributed by atoms with Gasteiger partial charge in [-0.15, -0.1) is 11.3 Å². The van der Waals surface area contributed by atoms with Gasteiger partial charge in [-0.05, 0) is 61.8 Å². The summed E-state index contributed by atoms with van der Waals surface area (Å²) in [7, 11) is -8.54. The van der Waals surface area contributed by atoms with Crippen LogP contribution >= 0.6 is 18.9 Å². The summed E-state index contributed by atoms with van der Waals surface area (Å²) in [4.78, 5) is 18.4. The largest absolute Gasteiger partial charge is 0.490 e. The summed E-state index contributed by atoms with van der Waals surface area (Å²) < 4.78 is 48.8. The van der Waals surface area contributed by atoms with Crippen LogP contribution in [-0.2, 0) is 14.6 Å². The van der Waals surface area contributed by atoms with Crippen LogP contribution in [0.3, 0.4) is 0 Å². The lowest BCUT2D eigenvalue weighted by molar-refractivity contribution is 0.265. The number of hydrogen-bond acceptors (Lipinski definition) is 8. The molecule has 0 spiro atoms. The summed E-state index contributed by atoms with van der Waals surface area (Å²) in [6, 6.07) is 8.26. The van der Waals surface area contributed by atoms with Crippen LogP contribution in [0.25, 0.3) is 10.4 Å². The number of benzene rings is 1. The Balaban J connectivity index is 2.24. The summed E-state index contributed by atoms with van der Waals surface area (Å²) in [6.45, 7) is 1.83. The van der Waals surface area contributed by atoms with Crippen molar-refractivity contribution < 1.29 is 32.2 Å². The molecule has 0 aliphatic carbocycles. The van der Waals surface area contributed by atoms with E-state index in [0.29, 0.717) is 61.1 Å². The minimum absolute atomic E-state index is 0.0557. The molecule has 2 aromatic rings. The third-order valence-electron chi connectivity index (χ3n) is 3.75. The van der Waals surface area contributed by atoms with Gasteiger partial charge in [0.25, 0.3) is 10.0 Å². The van der Waals surface area contributed by atoms with E-state index in [0.717, 1.165) is 11.3 Å². The first-order valence-corrected chi connectivity index (χ1v) is 13.2. The lowest BCUT2D eigenvalue weighted by atomic mass is 10.1. The number of nitrogens with two attached hydrogens (primary N) is 2. The first kappa shape index (κ1) is 24.8. The molecule has 1 aromatic heterocycles. The normalized spacial score (nSPS) is 12.1. The molecule has 13 heteroatoms. The lowest BCUT2D eigenvalue weighted by Crippen LogP contribution is -2.23. The molecule has 0 aliphatic rings. The highest BCUT2D eigenvalue weighted by Gasteiger charge is 2.22. The number of thiophene rings is 1. The molecule has 168 valence electrons. The first-order chi connectivity index (χ1) is 14.2. The number of ether oxygens (including phenoxy) is 2. The third kappa shape index (κ3) is 7.64. The minimum atomic E-state index is -4.50. The maximum absolute atomic E-state index is 12.3. The Labute approximate surface area is 179 Å². The maximum atomic E-state index is 12.3. The van der Waals surface area contributed by atoms with Crippen molar-refractivity contribution >= 4 is 29.0 Å². The number of sulfonamides is 1. The smallest absolute Gasteiger partial charge is 0.340 e. The molecule has 7 N–H and O–H groups in total.